The minimum atomic E-state index is -1.75. The third kappa shape index (κ3) is 23.3. The highest BCUT2D eigenvalue weighted by atomic mass is 16.3. The summed E-state index contributed by atoms with van der Waals surface area (Å²) in [5.74, 6) is -10.4. The molecule has 25 nitrogen and oxygen atoms in total. The lowest BCUT2D eigenvalue weighted by Crippen LogP contribution is -2.62. The van der Waals surface area contributed by atoms with Gasteiger partial charge in [0.05, 0.1) is 30.8 Å². The topological polar surface area (TPSA) is 410 Å². The van der Waals surface area contributed by atoms with E-state index in [-0.39, 0.29) is 67.9 Å². The summed E-state index contributed by atoms with van der Waals surface area (Å²) in [6.45, 7) is 7.80. The zero-order valence-corrected chi connectivity index (χ0v) is 53.8. The molecule has 94 heavy (non-hydrogen) atoms. The normalized spacial score (nSPS) is 22.1. The van der Waals surface area contributed by atoms with Gasteiger partial charge >= 0.3 is 0 Å². The molecule has 0 saturated heterocycles. The lowest BCUT2D eigenvalue weighted by molar-refractivity contribution is -0.369. The number of phenolic OH excluding ortho intramolecular Hbond substituents is 1. The number of carbonyl (C=O) groups excluding carboxylic acids is 11. The number of hydrogen-bond donors (Lipinski definition) is 14. The van der Waals surface area contributed by atoms with Crippen LogP contribution in [0.25, 0.3) is 0 Å². The standard InChI is InChI=1S/C69H89N13O12/c1-41(2)35-52-63(88)79-54(37-44-21-10-6-11-22-44)64(89)73-49-26-15-14-25-48(49)60(85)76-53(36-43-19-8-5-9-20-43)65(90)80-55(38-45-23-12-7-13-24-45)66(91)81-57(40-58(72)84)67(92)74-50(27-16-17-33-70)61(86)78-56(39-46-29-31-47(83)32-30-46)68(93)82-59(42(3)4)69(94)75-51(28-18-34-71)62(87)77-52/h5-15,19-26,29-32,41-42,50-57,59,83H,16-18,27-28,33-40,70-71H2,1-4H3,(H2,72,84)(H,73,89)(H,74,92)(H,75,94)(H,76,85)(H,77,87)(H,78,86)(H,79,88)(H,80,90)(H,81,91)(H,82,93)/p+2/t50-,51-,52-,53-,54+,55+,56-,57-,59-/m0/s1. The predicted octanol–water partition coefficient (Wildman–Crippen LogP) is 0.304. The van der Waals surface area contributed by atoms with E-state index in [2.05, 4.69) is 64.6 Å². The predicted molar refractivity (Wildman–Crippen MR) is 351 cm³/mol. The fraction of sp³-hybridized carbons (Fsp3) is 0.406. The van der Waals surface area contributed by atoms with Crippen LogP contribution >= 0.6 is 0 Å². The van der Waals surface area contributed by atoms with Gasteiger partial charge in [-0.2, -0.15) is 0 Å². The third-order valence-corrected chi connectivity index (χ3v) is 15.8. The Hall–Kier alpha value is -10.0. The molecule has 502 valence electrons. The fourth-order valence-corrected chi connectivity index (χ4v) is 10.7. The zero-order chi connectivity index (χ0) is 68.3. The van der Waals surface area contributed by atoms with Crippen LogP contribution in [0.15, 0.2) is 140 Å². The van der Waals surface area contributed by atoms with E-state index in [1.54, 1.807) is 117 Å². The number of anilines is 1. The van der Waals surface area contributed by atoms with Crippen LogP contribution in [-0.2, 0) is 73.6 Å². The van der Waals surface area contributed by atoms with Gasteiger partial charge in [0.1, 0.15) is 60.1 Å². The molecule has 0 unspecified atom stereocenters. The maximum Gasteiger partial charge on any atom is 0.254 e. The second-order valence-corrected chi connectivity index (χ2v) is 24.3. The maximum absolute atomic E-state index is 14.9. The van der Waals surface area contributed by atoms with Gasteiger partial charge in [0, 0.05) is 25.7 Å². The lowest BCUT2D eigenvalue weighted by Gasteiger charge is -2.29. The first-order valence-electron chi connectivity index (χ1n) is 31.9. The van der Waals surface area contributed by atoms with Gasteiger partial charge in [-0.25, -0.2) is 0 Å². The number of carbonyl (C=O) groups is 11. The summed E-state index contributed by atoms with van der Waals surface area (Å²) in [7, 11) is 0. The molecule has 6 rings (SSSR count). The van der Waals surface area contributed by atoms with Gasteiger partial charge in [0.15, 0.2) is 0 Å². The van der Waals surface area contributed by atoms with E-state index in [0.29, 0.717) is 54.6 Å². The second-order valence-electron chi connectivity index (χ2n) is 24.3. The number of rotatable bonds is 20. The number of benzene rings is 5. The van der Waals surface area contributed by atoms with Crippen LogP contribution in [0.4, 0.5) is 5.69 Å². The van der Waals surface area contributed by atoms with Crippen molar-refractivity contribution < 1.29 is 69.3 Å². The molecule has 1 heterocycles. The van der Waals surface area contributed by atoms with Crippen molar-refractivity contribution >= 4 is 70.7 Å². The molecule has 0 radical (unpaired) electrons. The Morgan fingerprint density at radius 1 is 0.415 bits per heavy atom. The van der Waals surface area contributed by atoms with Gasteiger partial charge in [-0.1, -0.05) is 143 Å². The van der Waals surface area contributed by atoms with Crippen molar-refractivity contribution in [3.8, 4) is 5.75 Å². The molecule has 25 heteroatoms. The summed E-state index contributed by atoms with van der Waals surface area (Å²) in [6.07, 6.45) is -0.0596. The van der Waals surface area contributed by atoms with Gasteiger partial charge in [0.25, 0.3) is 5.91 Å². The number of hydrogen-bond acceptors (Lipinski definition) is 12. The monoisotopic (exact) mass is 1290 g/mol. The van der Waals surface area contributed by atoms with Gasteiger partial charge in [-0.15, -0.1) is 0 Å². The molecule has 1 aliphatic rings. The molecule has 5 aromatic rings. The van der Waals surface area contributed by atoms with Gasteiger partial charge in [0.2, 0.25) is 59.1 Å². The molecular weight excluding hydrogens is 1200 g/mol. The van der Waals surface area contributed by atoms with Crippen LogP contribution in [0, 0.1) is 11.8 Å². The van der Waals surface area contributed by atoms with Crippen LogP contribution in [0.3, 0.4) is 0 Å². The maximum atomic E-state index is 14.9. The fourth-order valence-electron chi connectivity index (χ4n) is 10.7. The van der Waals surface area contributed by atoms with Crippen molar-refractivity contribution in [2.24, 2.45) is 17.6 Å². The summed E-state index contributed by atoms with van der Waals surface area (Å²) >= 11 is 0. The van der Waals surface area contributed by atoms with E-state index in [1.165, 1.54) is 36.4 Å². The Balaban J connectivity index is 1.47. The summed E-state index contributed by atoms with van der Waals surface area (Å²) < 4.78 is 0. The molecule has 1 aliphatic heterocycles. The molecule has 0 aromatic heterocycles. The number of aromatic hydroxyl groups is 1. The van der Waals surface area contributed by atoms with Crippen molar-refractivity contribution in [2.75, 3.05) is 18.4 Å². The van der Waals surface area contributed by atoms with Crippen LogP contribution in [-0.4, -0.2) is 138 Å². The number of para-hydroxylation sites is 1. The number of fused-ring (bicyclic) bond motifs is 1. The summed E-state index contributed by atoms with van der Waals surface area (Å²) in [4.78, 5) is 160. The molecule has 19 N–H and O–H groups in total. The van der Waals surface area contributed by atoms with Crippen molar-refractivity contribution in [1.29, 1.82) is 0 Å². The average Bonchev–Trinajstić information content (AvgIpc) is 0.893. The van der Waals surface area contributed by atoms with Crippen molar-refractivity contribution in [3.63, 3.8) is 0 Å². The Morgan fingerprint density at radius 2 is 0.787 bits per heavy atom. The van der Waals surface area contributed by atoms with E-state index in [1.807, 2.05) is 13.8 Å². The van der Waals surface area contributed by atoms with Gasteiger partial charge in [-0.05, 0) is 96.9 Å². The number of amides is 11. The Morgan fingerprint density at radius 3 is 1.27 bits per heavy atom. The number of quaternary nitrogens is 2. The van der Waals surface area contributed by atoms with E-state index in [0.717, 1.165) is 0 Å². The van der Waals surface area contributed by atoms with E-state index in [4.69, 9.17) is 5.73 Å². The zero-order valence-electron chi connectivity index (χ0n) is 53.8. The van der Waals surface area contributed by atoms with Crippen molar-refractivity contribution in [1.82, 2.24) is 47.9 Å². The van der Waals surface area contributed by atoms with Crippen LogP contribution < -0.4 is 70.4 Å². The Kier molecular flexibility index (Phi) is 28.7. The number of nitrogens with two attached hydrogens (primary N) is 1. The van der Waals surface area contributed by atoms with Gasteiger partial charge < -0.3 is 75.5 Å². The number of primary amides is 1. The van der Waals surface area contributed by atoms with E-state index in [9.17, 15) is 57.8 Å². The number of unbranched alkanes of at least 4 members (excludes halogenated alkanes) is 1. The SMILES string of the molecule is CC(C)C[C@@H]1NC(=O)[C@H](CCC[NH3+])NC(=O)[C@H](C(C)C)NC(=O)[C@H](Cc2ccc(O)cc2)NC(=O)[C@H](CCCC[NH3+])NC(=O)[C@H](CC(N)=O)NC(=O)[C@@H](Cc2ccccc2)NC(=O)[C@H](Cc2ccccc2)NC(=O)c2ccccc2NC(=O)[C@@H](Cc2ccccc2)NC1=O. The molecule has 0 spiro atoms. The van der Waals surface area contributed by atoms with E-state index < -0.39 is 132 Å². The Bertz CT molecular complexity index is 3380. The quantitative estimate of drug-likeness (QED) is 0.0468. The van der Waals surface area contributed by atoms with Crippen LogP contribution in [0.1, 0.15) is 105 Å². The highest BCUT2D eigenvalue weighted by molar-refractivity contribution is 6.07. The molecule has 0 saturated carbocycles. The molecule has 5 aromatic carbocycles. The summed E-state index contributed by atoms with van der Waals surface area (Å²) in [6, 6.07) is 25.1. The van der Waals surface area contributed by atoms with Crippen LogP contribution in [0.5, 0.6) is 5.75 Å². The van der Waals surface area contributed by atoms with Crippen LogP contribution in [0.2, 0.25) is 0 Å². The first kappa shape index (κ1) is 73.0. The minimum absolute atomic E-state index is 0.00600. The Labute approximate surface area is 547 Å². The first-order valence-corrected chi connectivity index (χ1v) is 31.9. The highest BCUT2D eigenvalue weighted by Gasteiger charge is 2.37. The molecule has 11 amide bonds. The largest absolute Gasteiger partial charge is 0.508 e. The molecular formula is C69H91N13O12+2. The summed E-state index contributed by atoms with van der Waals surface area (Å²) in [5, 5.41) is 37.7. The molecule has 0 fully saturated rings. The second kappa shape index (κ2) is 36.9. The molecule has 0 bridgehead atoms. The number of nitrogens with one attached hydrogen (secondary N) is 10. The lowest BCUT2D eigenvalue weighted by atomic mass is 9.99. The van der Waals surface area contributed by atoms with Crippen molar-refractivity contribution in [3.05, 3.63) is 167 Å². The molecule has 0 aliphatic carbocycles. The highest BCUT2D eigenvalue weighted by Crippen LogP contribution is 2.20. The third-order valence-electron chi connectivity index (χ3n) is 15.8. The summed E-state index contributed by atoms with van der Waals surface area (Å²) in [5.41, 5.74) is 15.7. The van der Waals surface area contributed by atoms with Gasteiger partial charge in [-0.3, -0.25) is 52.7 Å². The smallest absolute Gasteiger partial charge is 0.254 e. The van der Waals surface area contributed by atoms with Crippen molar-refractivity contribution in [2.45, 2.75) is 153 Å². The number of phenols is 1. The van der Waals surface area contributed by atoms with E-state index >= 15 is 0 Å². The first-order chi connectivity index (χ1) is 45.0. The molecule has 9 atom stereocenters. The average molecular weight is 1290 g/mol. The minimum Gasteiger partial charge on any atom is -0.508 e.